The first kappa shape index (κ1) is 22.6. The summed E-state index contributed by atoms with van der Waals surface area (Å²) in [5.41, 5.74) is 4.87. The Morgan fingerprint density at radius 2 is 1.88 bits per heavy atom. The van der Waals surface area contributed by atoms with Crippen molar-refractivity contribution in [3.8, 4) is 5.88 Å². The van der Waals surface area contributed by atoms with Gasteiger partial charge in [-0.25, -0.2) is 4.68 Å². The van der Waals surface area contributed by atoms with E-state index in [-0.39, 0.29) is 22.1 Å². The summed E-state index contributed by atoms with van der Waals surface area (Å²) in [5.74, 6) is 0.749. The Hall–Kier alpha value is -2.58. The summed E-state index contributed by atoms with van der Waals surface area (Å²) in [4.78, 5) is 14.9. The number of carbonyl (C=O) groups is 1. The van der Waals surface area contributed by atoms with Crippen LogP contribution in [0.15, 0.2) is 46.3 Å². The lowest BCUT2D eigenvalue weighted by Gasteiger charge is -2.22. The minimum absolute atomic E-state index is 0.0307. The second-order valence-corrected chi connectivity index (χ2v) is 10.6. The number of thioether (sulfide) groups is 1. The lowest BCUT2D eigenvalue weighted by Crippen LogP contribution is -2.16. The molecular formula is C24H26N2O4S2. The quantitative estimate of drug-likeness (QED) is 0.378. The Kier molecular flexibility index (Phi) is 6.18. The summed E-state index contributed by atoms with van der Waals surface area (Å²) in [6, 6.07) is 8.30. The molecule has 0 saturated carbocycles. The number of fused-ring (bicyclic) bond motifs is 1. The molecule has 0 bridgehead atoms. The molecule has 4 rings (SSSR count). The van der Waals surface area contributed by atoms with Crippen LogP contribution in [0.2, 0.25) is 0 Å². The first-order valence-electron chi connectivity index (χ1n) is 10.6. The van der Waals surface area contributed by atoms with E-state index in [0.717, 1.165) is 35.3 Å². The smallest absolute Gasteiger partial charge is 0.340 e. The zero-order valence-electron chi connectivity index (χ0n) is 18.6. The van der Waals surface area contributed by atoms with Crippen molar-refractivity contribution in [2.75, 3.05) is 5.75 Å². The summed E-state index contributed by atoms with van der Waals surface area (Å²) in [7, 11) is -4.12. The van der Waals surface area contributed by atoms with E-state index in [1.54, 1.807) is 12.1 Å². The van der Waals surface area contributed by atoms with Crippen LogP contribution in [-0.4, -0.2) is 29.7 Å². The summed E-state index contributed by atoms with van der Waals surface area (Å²) in [6.45, 7) is 8.04. The van der Waals surface area contributed by atoms with E-state index in [4.69, 9.17) is 4.18 Å². The Bertz CT molecular complexity index is 1290. The van der Waals surface area contributed by atoms with Gasteiger partial charge in [0.05, 0.1) is 6.20 Å². The van der Waals surface area contributed by atoms with E-state index in [9.17, 15) is 13.2 Å². The van der Waals surface area contributed by atoms with Gasteiger partial charge < -0.3 is 4.18 Å². The maximum Gasteiger partial charge on any atom is 0.340 e. The van der Waals surface area contributed by atoms with Crippen LogP contribution in [-0.2, 0) is 23.1 Å². The van der Waals surface area contributed by atoms with Gasteiger partial charge in [0.2, 0.25) is 5.88 Å². The van der Waals surface area contributed by atoms with E-state index in [1.165, 1.54) is 33.5 Å². The highest BCUT2D eigenvalue weighted by atomic mass is 32.2. The molecule has 0 fully saturated rings. The van der Waals surface area contributed by atoms with Crippen molar-refractivity contribution in [2.45, 2.75) is 56.9 Å². The monoisotopic (exact) mass is 470 g/mol. The topological polar surface area (TPSA) is 78.3 Å². The summed E-state index contributed by atoms with van der Waals surface area (Å²) < 4.78 is 32.7. The van der Waals surface area contributed by atoms with Crippen molar-refractivity contribution in [1.29, 1.82) is 0 Å². The third-order valence-electron chi connectivity index (χ3n) is 5.75. The number of ketones is 1. The molecule has 1 aromatic heterocycles. The number of aromatic nitrogens is 2. The number of rotatable bonds is 6. The van der Waals surface area contributed by atoms with E-state index >= 15 is 0 Å². The Labute approximate surface area is 193 Å². The fraction of sp³-hybridized carbons (Fsp3) is 0.333. The molecule has 168 valence electrons. The summed E-state index contributed by atoms with van der Waals surface area (Å²) in [6.07, 6.45) is 3.41. The van der Waals surface area contributed by atoms with E-state index in [2.05, 4.69) is 5.10 Å². The van der Waals surface area contributed by atoms with Gasteiger partial charge in [-0.3, -0.25) is 4.79 Å². The molecule has 8 heteroatoms. The van der Waals surface area contributed by atoms with Crippen LogP contribution in [0.25, 0.3) is 0 Å². The van der Waals surface area contributed by atoms with Gasteiger partial charge in [-0.05, 0) is 81.2 Å². The molecule has 0 amide bonds. The largest absolute Gasteiger partial charge is 0.358 e. The first-order valence-corrected chi connectivity index (χ1v) is 13.0. The van der Waals surface area contributed by atoms with Crippen LogP contribution in [0.4, 0.5) is 0 Å². The minimum atomic E-state index is -4.12. The van der Waals surface area contributed by atoms with Crippen molar-refractivity contribution >= 4 is 27.7 Å². The molecule has 0 radical (unpaired) electrons. The number of carbonyl (C=O) groups excluding carboxylic acids is 1. The first-order chi connectivity index (χ1) is 15.2. The molecule has 0 spiro atoms. The maximum absolute atomic E-state index is 13.6. The fourth-order valence-corrected chi connectivity index (χ4v) is 6.13. The molecule has 2 heterocycles. The lowest BCUT2D eigenvalue weighted by atomic mass is 9.92. The van der Waals surface area contributed by atoms with Gasteiger partial charge in [0.15, 0.2) is 5.78 Å². The van der Waals surface area contributed by atoms with Crippen LogP contribution < -0.4 is 4.18 Å². The third kappa shape index (κ3) is 4.09. The second kappa shape index (κ2) is 8.75. The van der Waals surface area contributed by atoms with Crippen LogP contribution in [0.3, 0.4) is 0 Å². The lowest BCUT2D eigenvalue weighted by molar-refractivity contribution is 0.103. The van der Waals surface area contributed by atoms with Crippen molar-refractivity contribution in [2.24, 2.45) is 0 Å². The Morgan fingerprint density at radius 1 is 1.16 bits per heavy atom. The van der Waals surface area contributed by atoms with Crippen LogP contribution >= 0.6 is 11.8 Å². The number of nitrogens with zero attached hydrogens (tertiary/aromatic N) is 2. The molecule has 0 saturated heterocycles. The average molecular weight is 471 g/mol. The number of hydrogen-bond donors (Lipinski definition) is 0. The molecule has 32 heavy (non-hydrogen) atoms. The number of hydrogen-bond acceptors (Lipinski definition) is 6. The van der Waals surface area contributed by atoms with Gasteiger partial charge in [-0.1, -0.05) is 17.7 Å². The number of benzene rings is 2. The Balaban J connectivity index is 1.76. The minimum Gasteiger partial charge on any atom is -0.358 e. The zero-order chi connectivity index (χ0) is 23.0. The molecule has 3 aromatic rings. The summed E-state index contributed by atoms with van der Waals surface area (Å²) >= 11 is 1.83. The number of aryl methyl sites for hydroxylation is 3. The molecule has 2 aromatic carbocycles. The van der Waals surface area contributed by atoms with Crippen LogP contribution in [0.1, 0.15) is 51.5 Å². The highest BCUT2D eigenvalue weighted by Crippen LogP contribution is 2.37. The molecule has 0 unspecified atom stereocenters. The van der Waals surface area contributed by atoms with Gasteiger partial charge in [0.1, 0.15) is 10.5 Å². The van der Waals surface area contributed by atoms with Crippen LogP contribution in [0, 0.1) is 20.8 Å². The van der Waals surface area contributed by atoms with E-state index in [1.807, 2.05) is 45.5 Å². The Morgan fingerprint density at radius 3 is 2.56 bits per heavy atom. The molecule has 6 nitrogen and oxygen atoms in total. The molecular weight excluding hydrogens is 444 g/mol. The van der Waals surface area contributed by atoms with Gasteiger partial charge in [-0.15, -0.1) is 11.8 Å². The van der Waals surface area contributed by atoms with Gasteiger partial charge >= 0.3 is 10.1 Å². The van der Waals surface area contributed by atoms with E-state index < -0.39 is 10.1 Å². The van der Waals surface area contributed by atoms with Crippen LogP contribution in [0.5, 0.6) is 5.88 Å². The molecule has 1 aliphatic rings. The van der Waals surface area contributed by atoms with E-state index in [0.29, 0.717) is 12.1 Å². The zero-order valence-corrected chi connectivity index (χ0v) is 20.3. The van der Waals surface area contributed by atoms with Crippen molar-refractivity contribution in [1.82, 2.24) is 9.78 Å². The molecule has 0 aliphatic carbocycles. The van der Waals surface area contributed by atoms with Gasteiger partial charge in [0.25, 0.3) is 0 Å². The molecule has 0 N–H and O–H groups in total. The highest BCUT2D eigenvalue weighted by molar-refractivity contribution is 7.99. The van der Waals surface area contributed by atoms with Gasteiger partial charge in [-0.2, -0.15) is 13.5 Å². The highest BCUT2D eigenvalue weighted by Gasteiger charge is 2.28. The normalized spacial score (nSPS) is 13.6. The van der Waals surface area contributed by atoms with Gasteiger partial charge in [0, 0.05) is 17.0 Å². The maximum atomic E-state index is 13.6. The summed E-state index contributed by atoms with van der Waals surface area (Å²) in [5, 5.41) is 4.22. The predicted octanol–water partition coefficient (Wildman–Crippen LogP) is 4.87. The fourth-order valence-electron chi connectivity index (χ4n) is 3.97. The third-order valence-corrected chi connectivity index (χ3v) is 8.32. The molecule has 1 aliphatic heterocycles. The predicted molar refractivity (Wildman–Crippen MR) is 125 cm³/mol. The van der Waals surface area contributed by atoms with Crippen molar-refractivity contribution in [3.05, 3.63) is 69.9 Å². The van der Waals surface area contributed by atoms with Crippen molar-refractivity contribution in [3.63, 3.8) is 0 Å². The molecule has 0 atom stereocenters. The second-order valence-electron chi connectivity index (χ2n) is 7.98. The SMILES string of the molecule is CCn1ncc(C(=O)c2cc(C)c3c(c2C)CCCS3)c1OS(=O)(=O)c1ccc(C)cc1. The van der Waals surface area contributed by atoms with Crippen molar-refractivity contribution < 1.29 is 17.4 Å². The average Bonchev–Trinajstić information content (AvgIpc) is 3.18. The standard InChI is InChI=1S/C24H26N2O4S2/c1-5-26-24(30-32(28,29)18-10-8-15(2)9-11-18)21(14-25-26)22(27)20-13-16(3)23-19(17(20)4)7-6-12-31-23/h8-11,13-14H,5-7,12H2,1-4H3.